The highest BCUT2D eigenvalue weighted by Crippen LogP contribution is 2.34. The zero-order valence-electron chi connectivity index (χ0n) is 14.8. The molecule has 0 aliphatic heterocycles. The predicted molar refractivity (Wildman–Crippen MR) is 107 cm³/mol. The Morgan fingerprint density at radius 2 is 1.96 bits per heavy atom. The number of aryl methyl sites for hydroxylation is 2. The first kappa shape index (κ1) is 17.8. The van der Waals surface area contributed by atoms with Gasteiger partial charge in [0.05, 0.1) is 10.7 Å². The highest BCUT2D eigenvalue weighted by molar-refractivity contribution is 6.35. The predicted octanol–water partition coefficient (Wildman–Crippen LogP) is 5.22. The number of benzene rings is 1. The summed E-state index contributed by atoms with van der Waals surface area (Å²) >= 11 is 12.4. The number of pyridine rings is 2. The topological polar surface area (TPSA) is 52.8 Å². The van der Waals surface area contributed by atoms with Crippen molar-refractivity contribution >= 4 is 34.1 Å². The van der Waals surface area contributed by atoms with Gasteiger partial charge in [0.2, 0.25) is 0 Å². The van der Waals surface area contributed by atoms with Crippen LogP contribution < -0.4 is 4.74 Å². The number of fused-ring (bicyclic) bond motifs is 1. The summed E-state index contributed by atoms with van der Waals surface area (Å²) < 4.78 is 7.87. The second-order valence-corrected chi connectivity index (χ2v) is 6.92. The van der Waals surface area contributed by atoms with Gasteiger partial charge >= 0.3 is 0 Å². The second-order valence-electron chi connectivity index (χ2n) is 6.15. The number of nitrogens with zero attached hydrogens (tertiary/aromatic N) is 4. The van der Waals surface area contributed by atoms with Crippen molar-refractivity contribution in [2.24, 2.45) is 7.05 Å². The fourth-order valence-corrected chi connectivity index (χ4v) is 3.50. The molecule has 0 saturated carbocycles. The van der Waals surface area contributed by atoms with E-state index in [-0.39, 0.29) is 6.61 Å². The highest BCUT2D eigenvalue weighted by atomic mass is 35.5. The molecule has 4 rings (SSSR count). The SMILES string of the molecule is Cc1cc(-c2ccnn2C)c2cccc(OCc3c(Cl)ccnc3Cl)c2n1. The lowest BCUT2D eigenvalue weighted by Gasteiger charge is -2.13. The molecule has 0 N–H and O–H groups in total. The minimum absolute atomic E-state index is 0.210. The van der Waals surface area contributed by atoms with E-state index in [9.17, 15) is 0 Å². The van der Waals surface area contributed by atoms with Crippen LogP contribution in [0.2, 0.25) is 10.2 Å². The Bertz CT molecular complexity index is 1120. The van der Waals surface area contributed by atoms with Crippen molar-refractivity contribution in [1.29, 1.82) is 0 Å². The number of halogens is 2. The summed E-state index contributed by atoms with van der Waals surface area (Å²) in [5.74, 6) is 0.663. The van der Waals surface area contributed by atoms with Crippen LogP contribution in [0, 0.1) is 6.92 Å². The summed E-state index contributed by atoms with van der Waals surface area (Å²) in [6.45, 7) is 2.17. The Morgan fingerprint density at radius 1 is 1.11 bits per heavy atom. The van der Waals surface area contributed by atoms with Crippen LogP contribution in [-0.2, 0) is 13.7 Å². The molecular weight excluding hydrogens is 383 g/mol. The van der Waals surface area contributed by atoms with Gasteiger partial charge in [0, 0.05) is 41.6 Å². The molecule has 0 fully saturated rings. The quantitative estimate of drug-likeness (QED) is 0.442. The molecule has 0 bridgehead atoms. The molecular formula is C20H16Cl2N4O. The van der Waals surface area contributed by atoms with Gasteiger partial charge in [-0.05, 0) is 31.2 Å². The molecule has 1 aromatic carbocycles. The molecule has 3 heterocycles. The first-order valence-corrected chi connectivity index (χ1v) is 9.10. The monoisotopic (exact) mass is 398 g/mol. The van der Waals surface area contributed by atoms with E-state index in [4.69, 9.17) is 32.9 Å². The maximum Gasteiger partial charge on any atom is 0.146 e. The van der Waals surface area contributed by atoms with Crippen molar-refractivity contribution < 1.29 is 4.74 Å². The molecule has 0 amide bonds. The van der Waals surface area contributed by atoms with E-state index in [0.717, 1.165) is 27.9 Å². The second kappa shape index (κ2) is 7.18. The van der Waals surface area contributed by atoms with Crippen molar-refractivity contribution in [3.05, 3.63) is 70.2 Å². The third-order valence-corrected chi connectivity index (χ3v) is 5.03. The van der Waals surface area contributed by atoms with Crippen LogP contribution in [0.5, 0.6) is 5.75 Å². The molecule has 0 unspecified atom stereocenters. The summed E-state index contributed by atoms with van der Waals surface area (Å²) in [6, 6.07) is 11.6. The fourth-order valence-electron chi connectivity index (χ4n) is 3.04. The Labute approximate surface area is 166 Å². The van der Waals surface area contributed by atoms with Gasteiger partial charge in [-0.2, -0.15) is 5.10 Å². The van der Waals surface area contributed by atoms with Crippen molar-refractivity contribution in [3.63, 3.8) is 0 Å². The van der Waals surface area contributed by atoms with Gasteiger partial charge in [0.1, 0.15) is 23.0 Å². The average molecular weight is 399 g/mol. The smallest absolute Gasteiger partial charge is 0.146 e. The molecule has 0 atom stereocenters. The van der Waals surface area contributed by atoms with Crippen LogP contribution in [0.25, 0.3) is 22.2 Å². The number of aromatic nitrogens is 4. The average Bonchev–Trinajstić information content (AvgIpc) is 3.06. The van der Waals surface area contributed by atoms with E-state index < -0.39 is 0 Å². The maximum absolute atomic E-state index is 6.22. The van der Waals surface area contributed by atoms with Gasteiger partial charge in [0.25, 0.3) is 0 Å². The Kier molecular flexibility index (Phi) is 4.72. The van der Waals surface area contributed by atoms with Crippen LogP contribution in [0.4, 0.5) is 0 Å². The first-order valence-electron chi connectivity index (χ1n) is 8.35. The van der Waals surface area contributed by atoms with Crippen LogP contribution >= 0.6 is 23.2 Å². The maximum atomic E-state index is 6.22. The van der Waals surface area contributed by atoms with E-state index in [1.54, 1.807) is 18.5 Å². The lowest BCUT2D eigenvalue weighted by Crippen LogP contribution is -2.01. The molecule has 0 aliphatic rings. The van der Waals surface area contributed by atoms with Gasteiger partial charge in [-0.25, -0.2) is 9.97 Å². The number of ether oxygens (including phenoxy) is 1. The number of rotatable bonds is 4. The number of hydrogen-bond donors (Lipinski definition) is 0. The van der Waals surface area contributed by atoms with Crippen molar-refractivity contribution in [2.75, 3.05) is 0 Å². The van der Waals surface area contributed by atoms with Gasteiger partial charge < -0.3 is 4.74 Å². The molecule has 4 aromatic rings. The minimum Gasteiger partial charge on any atom is -0.486 e. The van der Waals surface area contributed by atoms with Crippen molar-refractivity contribution in [3.8, 4) is 17.0 Å². The van der Waals surface area contributed by atoms with Crippen molar-refractivity contribution in [2.45, 2.75) is 13.5 Å². The van der Waals surface area contributed by atoms with Crippen LogP contribution in [-0.4, -0.2) is 19.7 Å². The molecule has 7 heteroatoms. The highest BCUT2D eigenvalue weighted by Gasteiger charge is 2.14. The summed E-state index contributed by atoms with van der Waals surface area (Å²) in [5.41, 5.74) is 4.40. The molecule has 5 nitrogen and oxygen atoms in total. The van der Waals surface area contributed by atoms with Crippen LogP contribution in [0.15, 0.2) is 48.8 Å². The van der Waals surface area contributed by atoms with Gasteiger partial charge in [0.15, 0.2) is 0 Å². The largest absolute Gasteiger partial charge is 0.486 e. The van der Waals surface area contributed by atoms with E-state index in [0.29, 0.717) is 21.5 Å². The van der Waals surface area contributed by atoms with E-state index in [1.807, 2.05) is 42.9 Å². The van der Waals surface area contributed by atoms with Crippen LogP contribution in [0.1, 0.15) is 11.3 Å². The standard InChI is InChI=1S/C20H16Cl2N4O/c1-12-10-14(17-7-9-24-26(17)2)13-4-3-5-18(19(13)25-12)27-11-15-16(21)6-8-23-20(15)22/h3-10H,11H2,1-2H3. The molecule has 136 valence electrons. The summed E-state index contributed by atoms with van der Waals surface area (Å²) in [5, 5.41) is 6.13. The van der Waals surface area contributed by atoms with Crippen LogP contribution in [0.3, 0.4) is 0 Å². The molecule has 27 heavy (non-hydrogen) atoms. The molecule has 0 aliphatic carbocycles. The lowest BCUT2D eigenvalue weighted by atomic mass is 10.0. The third-order valence-electron chi connectivity index (χ3n) is 4.35. The van der Waals surface area contributed by atoms with Gasteiger partial charge in [-0.3, -0.25) is 4.68 Å². The number of para-hydroxylation sites is 1. The molecule has 0 saturated heterocycles. The van der Waals surface area contributed by atoms with E-state index >= 15 is 0 Å². The Morgan fingerprint density at radius 3 is 2.70 bits per heavy atom. The number of hydrogen-bond acceptors (Lipinski definition) is 4. The summed E-state index contributed by atoms with van der Waals surface area (Å²) in [6.07, 6.45) is 3.35. The zero-order chi connectivity index (χ0) is 19.0. The summed E-state index contributed by atoms with van der Waals surface area (Å²) in [4.78, 5) is 8.76. The molecule has 0 spiro atoms. The molecule has 3 aromatic heterocycles. The Balaban J connectivity index is 1.79. The van der Waals surface area contributed by atoms with Crippen molar-refractivity contribution in [1.82, 2.24) is 19.7 Å². The zero-order valence-corrected chi connectivity index (χ0v) is 16.3. The molecule has 0 radical (unpaired) electrons. The Hall–Kier alpha value is -2.63. The summed E-state index contributed by atoms with van der Waals surface area (Å²) in [7, 11) is 1.92. The van der Waals surface area contributed by atoms with Gasteiger partial charge in [-0.15, -0.1) is 0 Å². The van der Waals surface area contributed by atoms with E-state index in [2.05, 4.69) is 16.1 Å². The van der Waals surface area contributed by atoms with Gasteiger partial charge in [-0.1, -0.05) is 35.3 Å². The normalized spacial score (nSPS) is 11.1. The minimum atomic E-state index is 0.210. The lowest BCUT2D eigenvalue weighted by molar-refractivity contribution is 0.309. The van der Waals surface area contributed by atoms with E-state index in [1.165, 1.54) is 0 Å². The fraction of sp³-hybridized carbons (Fsp3) is 0.150. The first-order chi connectivity index (χ1) is 13.0. The third kappa shape index (κ3) is 3.36.